The standard InChI is InChI=1S/C21H32O5/c1-12(22)26-11-20(3)16-8-18(25)21-9-13(14(23)10-21)4-5-15(21)19(16,2)7-6-17(20)24/h13,15-18,24-25H,4-11H2,1-3H3/t13-,15-,16?,17+,18-,19-,20+,21+/m0/s1. The lowest BCUT2D eigenvalue weighted by molar-refractivity contribution is -0.232. The van der Waals surface area contributed by atoms with Crippen molar-refractivity contribution in [1.29, 1.82) is 0 Å². The van der Waals surface area contributed by atoms with Gasteiger partial charge in [-0.05, 0) is 55.8 Å². The number of esters is 1. The second kappa shape index (κ2) is 5.78. The number of hydrogen-bond donors (Lipinski definition) is 2. The van der Waals surface area contributed by atoms with Crippen LogP contribution in [0.4, 0.5) is 0 Å². The van der Waals surface area contributed by atoms with Crippen LogP contribution in [0.15, 0.2) is 0 Å². The van der Waals surface area contributed by atoms with Crippen LogP contribution in [0, 0.1) is 34.0 Å². The van der Waals surface area contributed by atoms with Crippen LogP contribution in [0.5, 0.6) is 0 Å². The van der Waals surface area contributed by atoms with E-state index in [1.807, 2.05) is 6.92 Å². The highest BCUT2D eigenvalue weighted by Crippen LogP contribution is 2.70. The van der Waals surface area contributed by atoms with Crippen LogP contribution in [0.1, 0.15) is 65.7 Å². The molecule has 1 unspecified atom stereocenters. The smallest absolute Gasteiger partial charge is 0.302 e. The molecule has 4 aliphatic rings. The summed E-state index contributed by atoms with van der Waals surface area (Å²) in [4.78, 5) is 23.9. The Kier molecular flexibility index (Phi) is 4.09. The first-order valence-electron chi connectivity index (χ1n) is 10.2. The molecule has 0 heterocycles. The number of aliphatic hydroxyl groups is 2. The van der Waals surface area contributed by atoms with Crippen molar-refractivity contribution in [2.24, 2.45) is 34.0 Å². The lowest BCUT2D eigenvalue weighted by Crippen LogP contribution is -2.65. The molecule has 1 spiro atoms. The molecule has 146 valence electrons. The fourth-order valence-corrected chi connectivity index (χ4v) is 7.57. The third-order valence-electron chi connectivity index (χ3n) is 8.90. The van der Waals surface area contributed by atoms with E-state index in [1.165, 1.54) is 6.92 Å². The molecule has 0 radical (unpaired) electrons. The highest BCUT2D eigenvalue weighted by Gasteiger charge is 2.69. The number of ketones is 1. The minimum Gasteiger partial charge on any atom is -0.465 e. The summed E-state index contributed by atoms with van der Waals surface area (Å²) in [6.45, 7) is 5.90. The van der Waals surface area contributed by atoms with E-state index >= 15 is 0 Å². The summed E-state index contributed by atoms with van der Waals surface area (Å²) in [7, 11) is 0. The van der Waals surface area contributed by atoms with Crippen molar-refractivity contribution in [1.82, 2.24) is 0 Å². The van der Waals surface area contributed by atoms with E-state index in [2.05, 4.69) is 6.92 Å². The Bertz CT molecular complexity index is 632. The fourth-order valence-electron chi connectivity index (χ4n) is 7.57. The van der Waals surface area contributed by atoms with Crippen LogP contribution in [0.3, 0.4) is 0 Å². The number of aliphatic hydroxyl groups excluding tert-OH is 2. The van der Waals surface area contributed by atoms with Gasteiger partial charge in [0.05, 0.1) is 18.8 Å². The van der Waals surface area contributed by atoms with Crippen LogP contribution >= 0.6 is 0 Å². The zero-order valence-electron chi connectivity index (χ0n) is 16.2. The molecule has 26 heavy (non-hydrogen) atoms. The van der Waals surface area contributed by atoms with E-state index in [0.29, 0.717) is 31.0 Å². The molecule has 4 saturated carbocycles. The first-order valence-corrected chi connectivity index (χ1v) is 10.2. The molecule has 0 aliphatic heterocycles. The highest BCUT2D eigenvalue weighted by atomic mass is 16.5. The van der Waals surface area contributed by atoms with Gasteiger partial charge < -0.3 is 14.9 Å². The molecule has 0 saturated heterocycles. The zero-order chi connectivity index (χ0) is 18.9. The lowest BCUT2D eigenvalue weighted by atomic mass is 9.40. The summed E-state index contributed by atoms with van der Waals surface area (Å²) >= 11 is 0. The highest BCUT2D eigenvalue weighted by molar-refractivity contribution is 5.84. The zero-order valence-corrected chi connectivity index (χ0v) is 16.2. The quantitative estimate of drug-likeness (QED) is 0.736. The van der Waals surface area contributed by atoms with E-state index in [4.69, 9.17) is 4.74 Å². The third kappa shape index (κ3) is 2.29. The Hall–Kier alpha value is -0.940. The lowest BCUT2D eigenvalue weighted by Gasteiger charge is -2.66. The molecule has 4 aliphatic carbocycles. The van der Waals surface area contributed by atoms with Gasteiger partial charge in [0, 0.05) is 30.1 Å². The molecule has 8 atom stereocenters. The molecule has 0 amide bonds. The molecule has 0 aromatic heterocycles. The topological polar surface area (TPSA) is 83.8 Å². The summed E-state index contributed by atoms with van der Waals surface area (Å²) in [6, 6.07) is 0. The number of Topliss-reactive ketones (excluding diaryl/α,β-unsaturated/α-hetero) is 1. The van der Waals surface area contributed by atoms with E-state index in [1.54, 1.807) is 0 Å². The number of rotatable bonds is 2. The molecule has 2 bridgehead atoms. The largest absolute Gasteiger partial charge is 0.465 e. The number of fused-ring (bicyclic) bond motifs is 3. The van der Waals surface area contributed by atoms with Crippen LogP contribution in [0.2, 0.25) is 0 Å². The van der Waals surface area contributed by atoms with Crippen molar-refractivity contribution in [3.05, 3.63) is 0 Å². The van der Waals surface area contributed by atoms with Gasteiger partial charge in [0.1, 0.15) is 5.78 Å². The van der Waals surface area contributed by atoms with Gasteiger partial charge in [0.2, 0.25) is 0 Å². The first kappa shape index (κ1) is 18.4. The van der Waals surface area contributed by atoms with Crippen LogP contribution < -0.4 is 0 Å². The summed E-state index contributed by atoms with van der Waals surface area (Å²) in [6.07, 6.45) is 4.41. The van der Waals surface area contributed by atoms with E-state index in [0.717, 1.165) is 25.7 Å². The van der Waals surface area contributed by atoms with Gasteiger partial charge in [0.25, 0.3) is 0 Å². The second-order valence-electron chi connectivity index (χ2n) is 10.1. The summed E-state index contributed by atoms with van der Waals surface area (Å²) < 4.78 is 5.36. The summed E-state index contributed by atoms with van der Waals surface area (Å²) in [5, 5.41) is 22.0. The number of hydrogen-bond acceptors (Lipinski definition) is 5. The van der Waals surface area contributed by atoms with Crippen molar-refractivity contribution in [3.8, 4) is 0 Å². The maximum absolute atomic E-state index is 12.5. The minimum atomic E-state index is -0.555. The van der Waals surface area contributed by atoms with Crippen molar-refractivity contribution >= 4 is 11.8 Å². The van der Waals surface area contributed by atoms with Crippen LogP contribution in [0.25, 0.3) is 0 Å². The SMILES string of the molecule is CC(=O)OC[C@]1(C)C2C[C@H](O)[C@]34CC(=O)[C@@H](CC[C@H]3[C@]2(C)CC[C@H]1O)C4. The second-order valence-corrected chi connectivity index (χ2v) is 10.1. The molecule has 4 rings (SSSR count). The van der Waals surface area contributed by atoms with Gasteiger partial charge >= 0.3 is 5.97 Å². The fraction of sp³-hybridized carbons (Fsp3) is 0.905. The number of carbonyl (C=O) groups excluding carboxylic acids is 2. The Morgan fingerprint density at radius 2 is 1.88 bits per heavy atom. The van der Waals surface area contributed by atoms with Crippen molar-refractivity contribution < 1.29 is 24.5 Å². The predicted molar refractivity (Wildman–Crippen MR) is 95.1 cm³/mol. The van der Waals surface area contributed by atoms with Crippen LogP contribution in [-0.2, 0) is 14.3 Å². The molecule has 5 heteroatoms. The normalized spacial score (nSPS) is 53.0. The average molecular weight is 364 g/mol. The molecule has 5 nitrogen and oxygen atoms in total. The Labute approximate surface area is 155 Å². The Morgan fingerprint density at radius 3 is 2.58 bits per heavy atom. The summed E-state index contributed by atoms with van der Waals surface area (Å²) in [5.41, 5.74) is -0.862. The molecular weight excluding hydrogens is 332 g/mol. The molecule has 4 fully saturated rings. The molecular formula is C21H32O5. The Balaban J connectivity index is 1.72. The van der Waals surface area contributed by atoms with Crippen molar-refractivity contribution in [2.75, 3.05) is 6.61 Å². The maximum atomic E-state index is 12.5. The van der Waals surface area contributed by atoms with Crippen molar-refractivity contribution in [2.45, 2.75) is 77.9 Å². The van der Waals surface area contributed by atoms with E-state index in [-0.39, 0.29) is 35.2 Å². The average Bonchev–Trinajstić information content (AvgIpc) is 2.83. The molecule has 0 aromatic rings. The first-order chi connectivity index (χ1) is 12.1. The van der Waals surface area contributed by atoms with Crippen LogP contribution in [-0.4, -0.2) is 40.8 Å². The Morgan fingerprint density at radius 1 is 1.15 bits per heavy atom. The monoisotopic (exact) mass is 364 g/mol. The van der Waals surface area contributed by atoms with Gasteiger partial charge in [-0.2, -0.15) is 0 Å². The van der Waals surface area contributed by atoms with Gasteiger partial charge in [-0.15, -0.1) is 0 Å². The maximum Gasteiger partial charge on any atom is 0.302 e. The number of ether oxygens (including phenoxy) is 1. The van der Waals surface area contributed by atoms with Crippen molar-refractivity contribution in [3.63, 3.8) is 0 Å². The summed E-state index contributed by atoms with van der Waals surface area (Å²) in [5.74, 6) is 0.529. The molecule has 2 N–H and O–H groups in total. The van der Waals surface area contributed by atoms with Gasteiger partial charge in [-0.3, -0.25) is 9.59 Å². The van der Waals surface area contributed by atoms with Gasteiger partial charge in [-0.1, -0.05) is 13.8 Å². The minimum absolute atomic E-state index is 0.0387. The molecule has 0 aromatic carbocycles. The van der Waals surface area contributed by atoms with E-state index < -0.39 is 17.6 Å². The van der Waals surface area contributed by atoms with Gasteiger partial charge in [-0.25, -0.2) is 0 Å². The van der Waals surface area contributed by atoms with Gasteiger partial charge in [0.15, 0.2) is 0 Å². The number of carbonyl (C=O) groups is 2. The third-order valence-corrected chi connectivity index (χ3v) is 8.90. The van der Waals surface area contributed by atoms with E-state index in [9.17, 15) is 19.8 Å². The predicted octanol–water partition coefficient (Wildman–Crippen LogP) is 2.47.